The van der Waals surface area contributed by atoms with Gasteiger partial charge in [-0.15, -0.1) is 0 Å². The Balaban J connectivity index is 1.82. The van der Waals surface area contributed by atoms with E-state index in [1.807, 2.05) is 18.8 Å². The third-order valence-corrected chi connectivity index (χ3v) is 6.56. The number of hydrogen-bond donors (Lipinski definition) is 3. The van der Waals surface area contributed by atoms with Crippen molar-refractivity contribution in [3.8, 4) is 0 Å². The maximum absolute atomic E-state index is 10.3. The van der Waals surface area contributed by atoms with Gasteiger partial charge in [0.2, 0.25) is 0 Å². The van der Waals surface area contributed by atoms with Gasteiger partial charge in [0.05, 0.1) is 6.10 Å². The van der Waals surface area contributed by atoms with E-state index in [2.05, 4.69) is 28.8 Å². The third-order valence-electron chi connectivity index (χ3n) is 5.46. The number of hydrogen-bond acceptors (Lipinski definition) is 3. The van der Waals surface area contributed by atoms with E-state index in [-0.39, 0.29) is 11.5 Å². The number of aliphatic hydroxyl groups excluding tert-OH is 1. The second-order valence-electron chi connectivity index (χ2n) is 7.21. The second-order valence-corrected chi connectivity index (χ2v) is 8.35. The highest BCUT2D eigenvalue weighted by Gasteiger charge is 2.35. The SMILES string of the molecule is CN=C(NCC1(C)CCCCC1O)NC1CCCC(SC)C1. The van der Waals surface area contributed by atoms with Crippen LogP contribution in [0, 0.1) is 5.41 Å². The van der Waals surface area contributed by atoms with Crippen LogP contribution in [0.5, 0.6) is 0 Å². The largest absolute Gasteiger partial charge is 0.392 e. The van der Waals surface area contributed by atoms with Crippen molar-refractivity contribution in [1.29, 1.82) is 0 Å². The summed E-state index contributed by atoms with van der Waals surface area (Å²) in [6.07, 6.45) is 11.5. The van der Waals surface area contributed by atoms with Gasteiger partial charge in [0.1, 0.15) is 0 Å². The molecule has 0 aromatic rings. The molecule has 0 aliphatic heterocycles. The molecular weight excluding hydrogens is 294 g/mol. The minimum atomic E-state index is -0.192. The van der Waals surface area contributed by atoms with Crippen molar-refractivity contribution in [2.45, 2.75) is 75.7 Å². The summed E-state index contributed by atoms with van der Waals surface area (Å²) in [4.78, 5) is 4.38. The Bertz CT molecular complexity index is 377. The Morgan fingerprint density at radius 2 is 2.09 bits per heavy atom. The maximum atomic E-state index is 10.3. The Kier molecular flexibility index (Phi) is 6.87. The predicted molar refractivity (Wildman–Crippen MR) is 96.6 cm³/mol. The highest BCUT2D eigenvalue weighted by atomic mass is 32.2. The van der Waals surface area contributed by atoms with Gasteiger partial charge in [0.25, 0.3) is 0 Å². The van der Waals surface area contributed by atoms with Crippen LogP contribution in [0.3, 0.4) is 0 Å². The van der Waals surface area contributed by atoms with Crippen LogP contribution in [0.25, 0.3) is 0 Å². The Morgan fingerprint density at radius 1 is 1.27 bits per heavy atom. The molecule has 4 nitrogen and oxygen atoms in total. The summed E-state index contributed by atoms with van der Waals surface area (Å²) in [5.41, 5.74) is -0.0236. The molecule has 2 rings (SSSR count). The van der Waals surface area contributed by atoms with Crippen molar-refractivity contribution < 1.29 is 5.11 Å². The van der Waals surface area contributed by atoms with Crippen LogP contribution in [-0.4, -0.2) is 48.3 Å². The lowest BCUT2D eigenvalue weighted by atomic mass is 9.73. The van der Waals surface area contributed by atoms with Crippen LogP contribution in [0.1, 0.15) is 58.3 Å². The Labute approximate surface area is 139 Å². The molecule has 0 radical (unpaired) electrons. The second kappa shape index (κ2) is 8.44. The first-order chi connectivity index (χ1) is 10.6. The van der Waals surface area contributed by atoms with E-state index >= 15 is 0 Å². The summed E-state index contributed by atoms with van der Waals surface area (Å²) in [6, 6.07) is 0.529. The molecule has 0 heterocycles. The van der Waals surface area contributed by atoms with Gasteiger partial charge in [0.15, 0.2) is 5.96 Å². The van der Waals surface area contributed by atoms with E-state index in [0.717, 1.165) is 37.0 Å². The number of nitrogens with zero attached hydrogens (tertiary/aromatic N) is 1. The van der Waals surface area contributed by atoms with Gasteiger partial charge in [-0.05, 0) is 38.4 Å². The normalized spacial score (nSPS) is 36.9. The number of rotatable bonds is 4. The van der Waals surface area contributed by atoms with E-state index < -0.39 is 0 Å². The van der Waals surface area contributed by atoms with Gasteiger partial charge in [-0.1, -0.05) is 26.2 Å². The number of guanidine groups is 1. The van der Waals surface area contributed by atoms with E-state index in [4.69, 9.17) is 0 Å². The van der Waals surface area contributed by atoms with Crippen molar-refractivity contribution in [1.82, 2.24) is 10.6 Å². The molecule has 0 bridgehead atoms. The van der Waals surface area contributed by atoms with Gasteiger partial charge >= 0.3 is 0 Å². The summed E-state index contributed by atoms with van der Waals surface area (Å²) in [5.74, 6) is 0.894. The van der Waals surface area contributed by atoms with Crippen LogP contribution >= 0.6 is 11.8 Å². The fraction of sp³-hybridized carbons (Fsp3) is 0.941. The molecule has 5 heteroatoms. The molecule has 2 aliphatic carbocycles. The zero-order valence-corrected chi connectivity index (χ0v) is 15.2. The van der Waals surface area contributed by atoms with Gasteiger partial charge < -0.3 is 15.7 Å². The van der Waals surface area contributed by atoms with Gasteiger partial charge in [-0.2, -0.15) is 11.8 Å². The van der Waals surface area contributed by atoms with Crippen LogP contribution < -0.4 is 10.6 Å². The molecule has 4 atom stereocenters. The molecule has 22 heavy (non-hydrogen) atoms. The highest BCUT2D eigenvalue weighted by molar-refractivity contribution is 7.99. The molecule has 0 spiro atoms. The molecule has 2 aliphatic rings. The first-order valence-corrected chi connectivity index (χ1v) is 10.0. The maximum Gasteiger partial charge on any atom is 0.191 e. The predicted octanol–water partition coefficient (Wildman–Crippen LogP) is 2.77. The minimum Gasteiger partial charge on any atom is -0.392 e. The average molecular weight is 328 g/mol. The quantitative estimate of drug-likeness (QED) is 0.549. The molecular formula is C17H33N3OS. The first-order valence-electron chi connectivity index (χ1n) is 8.75. The summed E-state index contributed by atoms with van der Waals surface area (Å²) in [7, 11) is 1.84. The van der Waals surface area contributed by atoms with Gasteiger partial charge in [0, 0.05) is 30.3 Å². The van der Waals surface area contributed by atoms with Crippen LogP contribution in [-0.2, 0) is 0 Å². The summed E-state index contributed by atoms with van der Waals surface area (Å²) < 4.78 is 0. The first kappa shape index (κ1) is 17.9. The monoisotopic (exact) mass is 327 g/mol. The van der Waals surface area contributed by atoms with Gasteiger partial charge in [-0.3, -0.25) is 4.99 Å². The molecule has 128 valence electrons. The van der Waals surface area contributed by atoms with E-state index in [1.54, 1.807) is 0 Å². The smallest absolute Gasteiger partial charge is 0.191 e. The van der Waals surface area contributed by atoms with E-state index in [9.17, 15) is 5.11 Å². The number of thioether (sulfide) groups is 1. The van der Waals surface area contributed by atoms with Crippen molar-refractivity contribution in [3.63, 3.8) is 0 Å². The topological polar surface area (TPSA) is 56.7 Å². The zero-order chi connectivity index (χ0) is 16.0. The highest BCUT2D eigenvalue weighted by Crippen LogP contribution is 2.35. The van der Waals surface area contributed by atoms with Crippen molar-refractivity contribution in [2.75, 3.05) is 19.8 Å². The Hall–Kier alpha value is -0.420. The average Bonchev–Trinajstić information content (AvgIpc) is 2.54. The van der Waals surface area contributed by atoms with Crippen molar-refractivity contribution >= 4 is 17.7 Å². The van der Waals surface area contributed by atoms with Crippen molar-refractivity contribution in [2.24, 2.45) is 10.4 Å². The van der Waals surface area contributed by atoms with Crippen LogP contribution in [0.2, 0.25) is 0 Å². The lowest BCUT2D eigenvalue weighted by Crippen LogP contribution is -2.51. The molecule has 3 N–H and O–H groups in total. The molecule has 0 amide bonds. The summed E-state index contributed by atoms with van der Waals surface area (Å²) in [6.45, 7) is 2.99. The standard InChI is InChI=1S/C17H33N3OS/c1-17(10-5-4-9-15(17)21)12-19-16(18-2)20-13-7-6-8-14(11-13)22-3/h13-15,21H,4-12H2,1-3H3,(H2,18,19,20). The van der Waals surface area contributed by atoms with Crippen LogP contribution in [0.15, 0.2) is 4.99 Å². The summed E-state index contributed by atoms with van der Waals surface area (Å²) in [5, 5.41) is 18.1. The van der Waals surface area contributed by atoms with E-state index in [0.29, 0.717) is 6.04 Å². The minimum absolute atomic E-state index is 0.0236. The number of nitrogens with one attached hydrogen (secondary N) is 2. The fourth-order valence-electron chi connectivity index (χ4n) is 3.75. The molecule has 0 saturated heterocycles. The van der Waals surface area contributed by atoms with E-state index in [1.165, 1.54) is 32.1 Å². The number of aliphatic hydroxyl groups is 1. The lowest BCUT2D eigenvalue weighted by molar-refractivity contribution is 0.00394. The van der Waals surface area contributed by atoms with Crippen molar-refractivity contribution in [3.05, 3.63) is 0 Å². The van der Waals surface area contributed by atoms with Gasteiger partial charge in [-0.25, -0.2) is 0 Å². The van der Waals surface area contributed by atoms with Crippen LogP contribution in [0.4, 0.5) is 0 Å². The lowest BCUT2D eigenvalue weighted by Gasteiger charge is -2.39. The Morgan fingerprint density at radius 3 is 2.77 bits per heavy atom. The zero-order valence-electron chi connectivity index (χ0n) is 14.4. The number of aliphatic imine (C=N–C) groups is 1. The molecule has 0 aromatic carbocycles. The molecule has 2 fully saturated rings. The molecule has 2 saturated carbocycles. The molecule has 0 aromatic heterocycles. The fourth-order valence-corrected chi connectivity index (χ4v) is 4.58. The summed E-state index contributed by atoms with van der Waals surface area (Å²) >= 11 is 1.99. The molecule has 4 unspecified atom stereocenters. The third kappa shape index (κ3) is 4.79.